The molecule has 38 heavy (non-hydrogen) atoms. The van der Waals surface area contributed by atoms with E-state index in [1.165, 1.54) is 16.2 Å². The molecule has 3 aromatic carbocycles. The van der Waals surface area contributed by atoms with Gasteiger partial charge in [0.15, 0.2) is 16.6 Å². The third-order valence-electron chi connectivity index (χ3n) is 6.72. The number of nitrogens with zero attached hydrogens (tertiary/aromatic N) is 3. The second kappa shape index (κ2) is 9.18. The van der Waals surface area contributed by atoms with Crippen molar-refractivity contribution in [2.24, 2.45) is 0 Å². The van der Waals surface area contributed by atoms with E-state index in [-0.39, 0.29) is 11.3 Å². The van der Waals surface area contributed by atoms with Crippen LogP contribution < -0.4 is 19.3 Å². The van der Waals surface area contributed by atoms with Gasteiger partial charge in [0.05, 0.1) is 21.8 Å². The number of hydrogen-bond donors (Lipinski definition) is 1. The number of aliphatic hydroxyl groups excluding tert-OH is 1. The summed E-state index contributed by atoms with van der Waals surface area (Å²) < 4.78 is 12.2. The highest BCUT2D eigenvalue weighted by Gasteiger charge is 2.48. The number of ketones is 1. The zero-order chi connectivity index (χ0) is 26.6. The maximum Gasteiger partial charge on any atom is 0.301 e. The Morgan fingerprint density at radius 3 is 2.47 bits per heavy atom. The Morgan fingerprint density at radius 2 is 1.74 bits per heavy atom. The van der Waals surface area contributed by atoms with Crippen molar-refractivity contribution >= 4 is 49.8 Å². The van der Waals surface area contributed by atoms with Gasteiger partial charge >= 0.3 is 5.91 Å². The maximum atomic E-state index is 13.5. The number of anilines is 2. The predicted octanol–water partition coefficient (Wildman–Crippen LogP) is 5.07. The van der Waals surface area contributed by atoms with Gasteiger partial charge in [0.1, 0.15) is 19.0 Å². The molecule has 0 radical (unpaired) electrons. The van der Waals surface area contributed by atoms with Crippen molar-refractivity contribution in [2.75, 3.05) is 37.1 Å². The molecule has 4 aromatic rings. The molecule has 1 saturated heterocycles. The molecular weight excluding hydrogens is 502 g/mol. The van der Waals surface area contributed by atoms with E-state index in [2.05, 4.69) is 4.98 Å². The fourth-order valence-electron chi connectivity index (χ4n) is 4.77. The first-order valence-corrected chi connectivity index (χ1v) is 13.0. The Hall–Kier alpha value is -4.37. The fraction of sp³-hybridized carbons (Fsp3) is 0.207. The topological polar surface area (TPSA) is 92.2 Å². The molecule has 3 heterocycles. The zero-order valence-corrected chi connectivity index (χ0v) is 21.9. The number of aryl methyl sites for hydroxylation is 1. The molecule has 6 rings (SSSR count). The number of fused-ring (bicyclic) bond motifs is 2. The number of amides is 1. The Balaban J connectivity index is 1.53. The number of Topliss-reactive ketones (excluding diaryl/α,β-unsaturated/α-hetero) is 1. The van der Waals surface area contributed by atoms with E-state index in [1.807, 2.05) is 68.4 Å². The first kappa shape index (κ1) is 24.0. The van der Waals surface area contributed by atoms with Crippen LogP contribution in [-0.4, -0.2) is 49.1 Å². The first-order valence-electron chi connectivity index (χ1n) is 12.2. The molecule has 192 valence electrons. The summed E-state index contributed by atoms with van der Waals surface area (Å²) in [7, 11) is 3.87. The number of thiazole rings is 1. The summed E-state index contributed by atoms with van der Waals surface area (Å²) in [5.74, 6) is -0.741. The van der Waals surface area contributed by atoms with Crippen LogP contribution in [0.5, 0.6) is 11.5 Å². The smallest absolute Gasteiger partial charge is 0.301 e. The molecule has 1 fully saturated rings. The maximum absolute atomic E-state index is 13.5. The predicted molar refractivity (Wildman–Crippen MR) is 147 cm³/mol. The molecule has 1 unspecified atom stereocenters. The summed E-state index contributed by atoms with van der Waals surface area (Å²) in [5, 5.41) is 11.9. The second-order valence-corrected chi connectivity index (χ2v) is 10.5. The summed E-state index contributed by atoms with van der Waals surface area (Å²) in [5.41, 5.74) is 3.83. The van der Waals surface area contributed by atoms with Gasteiger partial charge in [0.2, 0.25) is 0 Å². The average molecular weight is 528 g/mol. The molecule has 0 aliphatic carbocycles. The minimum absolute atomic E-state index is 0.000262. The van der Waals surface area contributed by atoms with Gasteiger partial charge in [0, 0.05) is 25.3 Å². The molecule has 1 aromatic heterocycles. The number of hydrogen-bond acceptors (Lipinski definition) is 8. The summed E-state index contributed by atoms with van der Waals surface area (Å²) in [6.45, 7) is 2.82. The third kappa shape index (κ3) is 3.95. The van der Waals surface area contributed by atoms with Crippen LogP contribution in [0.3, 0.4) is 0 Å². The van der Waals surface area contributed by atoms with Gasteiger partial charge in [-0.15, -0.1) is 0 Å². The lowest BCUT2D eigenvalue weighted by atomic mass is 9.95. The fourth-order valence-corrected chi connectivity index (χ4v) is 5.86. The van der Waals surface area contributed by atoms with Crippen LogP contribution in [0.25, 0.3) is 16.0 Å². The van der Waals surface area contributed by atoms with Gasteiger partial charge in [-0.25, -0.2) is 4.98 Å². The van der Waals surface area contributed by atoms with Gasteiger partial charge in [0.25, 0.3) is 5.78 Å². The third-order valence-corrected chi connectivity index (χ3v) is 7.74. The highest BCUT2D eigenvalue weighted by Crippen LogP contribution is 2.45. The van der Waals surface area contributed by atoms with E-state index in [9.17, 15) is 14.7 Å². The standard InChI is InChI=1S/C29H25N3O5S/c1-16-4-10-20-23(14-16)38-29(30-20)32-25(17-5-8-19(9-6-17)31(2)3)24(27(34)28(32)35)26(33)18-7-11-21-22(15-18)37-13-12-36-21/h4-11,14-15,25,33H,12-13H2,1-3H3. The van der Waals surface area contributed by atoms with Gasteiger partial charge in [-0.1, -0.05) is 29.5 Å². The lowest BCUT2D eigenvalue weighted by Crippen LogP contribution is -2.29. The second-order valence-electron chi connectivity index (χ2n) is 9.48. The van der Waals surface area contributed by atoms with Crippen molar-refractivity contribution in [3.63, 3.8) is 0 Å². The van der Waals surface area contributed by atoms with Crippen molar-refractivity contribution in [1.82, 2.24) is 4.98 Å². The van der Waals surface area contributed by atoms with Crippen molar-refractivity contribution in [3.05, 3.63) is 82.9 Å². The minimum atomic E-state index is -0.860. The highest BCUT2D eigenvalue weighted by molar-refractivity contribution is 7.22. The van der Waals surface area contributed by atoms with Gasteiger partial charge in [-0.3, -0.25) is 14.5 Å². The lowest BCUT2D eigenvalue weighted by Gasteiger charge is -2.24. The Morgan fingerprint density at radius 1 is 1.00 bits per heavy atom. The molecule has 2 aliphatic rings. The van der Waals surface area contributed by atoms with E-state index < -0.39 is 17.7 Å². The molecule has 0 spiro atoms. The van der Waals surface area contributed by atoms with Crippen LogP contribution in [0, 0.1) is 6.92 Å². The van der Waals surface area contributed by atoms with E-state index in [0.29, 0.717) is 41.0 Å². The average Bonchev–Trinajstić information content (AvgIpc) is 3.45. The lowest BCUT2D eigenvalue weighted by molar-refractivity contribution is -0.132. The number of rotatable bonds is 4. The summed E-state index contributed by atoms with van der Waals surface area (Å²) >= 11 is 1.34. The summed E-state index contributed by atoms with van der Waals surface area (Å²) in [4.78, 5) is 35.1. The Labute approximate surface area is 223 Å². The first-order chi connectivity index (χ1) is 18.3. The number of carbonyl (C=O) groups is 2. The van der Waals surface area contributed by atoms with Crippen LogP contribution in [0.15, 0.2) is 66.2 Å². The van der Waals surface area contributed by atoms with Crippen LogP contribution in [-0.2, 0) is 9.59 Å². The van der Waals surface area contributed by atoms with Crippen LogP contribution in [0.4, 0.5) is 10.8 Å². The molecular formula is C29H25N3O5S. The molecule has 0 saturated carbocycles. The number of aliphatic hydroxyl groups is 1. The van der Waals surface area contributed by atoms with Crippen LogP contribution in [0.2, 0.25) is 0 Å². The number of ether oxygens (including phenoxy) is 2. The highest BCUT2D eigenvalue weighted by atomic mass is 32.1. The van der Waals surface area contributed by atoms with Crippen LogP contribution >= 0.6 is 11.3 Å². The van der Waals surface area contributed by atoms with Crippen molar-refractivity contribution in [3.8, 4) is 11.5 Å². The van der Waals surface area contributed by atoms with E-state index in [4.69, 9.17) is 9.47 Å². The number of carbonyl (C=O) groups excluding carboxylic acids is 2. The van der Waals surface area contributed by atoms with E-state index >= 15 is 0 Å². The molecule has 9 heteroatoms. The SMILES string of the molecule is Cc1ccc2nc(N3C(=O)C(=O)C(=C(O)c4ccc5c(c4)OCCO5)C3c3ccc(N(C)C)cc3)sc2c1. The number of benzene rings is 3. The van der Waals surface area contributed by atoms with E-state index in [1.54, 1.807) is 18.2 Å². The van der Waals surface area contributed by atoms with E-state index in [0.717, 1.165) is 21.5 Å². The van der Waals surface area contributed by atoms with Gasteiger partial charge in [-0.05, 0) is 60.5 Å². The molecule has 1 atom stereocenters. The molecule has 1 amide bonds. The normalized spacial score (nSPS) is 18.3. The summed E-state index contributed by atoms with van der Waals surface area (Å²) in [6, 6.07) is 17.5. The van der Waals surface area contributed by atoms with Crippen molar-refractivity contribution in [1.29, 1.82) is 0 Å². The molecule has 2 aliphatic heterocycles. The largest absolute Gasteiger partial charge is 0.507 e. The molecule has 8 nitrogen and oxygen atoms in total. The van der Waals surface area contributed by atoms with Gasteiger partial charge < -0.3 is 19.5 Å². The number of aromatic nitrogens is 1. The van der Waals surface area contributed by atoms with Crippen molar-refractivity contribution in [2.45, 2.75) is 13.0 Å². The van der Waals surface area contributed by atoms with Crippen LogP contribution in [0.1, 0.15) is 22.7 Å². The quantitative estimate of drug-likeness (QED) is 0.225. The zero-order valence-electron chi connectivity index (χ0n) is 21.1. The molecule has 1 N–H and O–H groups in total. The Bertz CT molecular complexity index is 1620. The van der Waals surface area contributed by atoms with Gasteiger partial charge in [-0.2, -0.15) is 0 Å². The molecule has 0 bridgehead atoms. The Kier molecular flexibility index (Phi) is 5.80. The summed E-state index contributed by atoms with van der Waals surface area (Å²) in [6.07, 6.45) is 0. The minimum Gasteiger partial charge on any atom is -0.507 e. The van der Waals surface area contributed by atoms with Crippen molar-refractivity contribution < 1.29 is 24.2 Å². The monoisotopic (exact) mass is 527 g/mol.